The van der Waals surface area contributed by atoms with Gasteiger partial charge in [0.25, 0.3) is 0 Å². The molecule has 1 heterocycles. The van der Waals surface area contributed by atoms with Crippen LogP contribution in [-0.2, 0) is 16.0 Å². The van der Waals surface area contributed by atoms with Gasteiger partial charge >= 0.3 is 0 Å². The molecular formula is C24H24FN3O2. The SMILES string of the molecule is C=Cc1cccc(C#N)c1C(C)C1NC(=O)C(CC)(Cc2ccc(F)cc2)NC1=O. The fraction of sp³-hybridized carbons (Fsp3) is 0.292. The van der Waals surface area contributed by atoms with Crippen LogP contribution in [0.3, 0.4) is 0 Å². The summed E-state index contributed by atoms with van der Waals surface area (Å²) in [4.78, 5) is 26.2. The summed E-state index contributed by atoms with van der Waals surface area (Å²) in [5.41, 5.74) is 1.52. The number of benzene rings is 2. The Morgan fingerprint density at radius 3 is 2.57 bits per heavy atom. The van der Waals surface area contributed by atoms with Crippen molar-refractivity contribution in [2.45, 2.75) is 44.2 Å². The molecule has 1 fully saturated rings. The second kappa shape index (κ2) is 8.50. The number of hydrogen-bond acceptors (Lipinski definition) is 3. The minimum atomic E-state index is -1.11. The highest BCUT2D eigenvalue weighted by atomic mass is 19.1. The highest BCUT2D eigenvalue weighted by Gasteiger charge is 2.47. The van der Waals surface area contributed by atoms with Crippen molar-refractivity contribution in [3.8, 4) is 6.07 Å². The summed E-state index contributed by atoms with van der Waals surface area (Å²) >= 11 is 0. The number of nitrogens with zero attached hydrogens (tertiary/aromatic N) is 1. The van der Waals surface area contributed by atoms with Gasteiger partial charge < -0.3 is 10.6 Å². The molecule has 0 radical (unpaired) electrons. The standard InChI is InChI=1S/C24H24FN3O2/c1-4-17-7-6-8-18(14-26)20(17)15(3)21-22(29)28-24(5-2,23(30)27-21)13-16-9-11-19(25)12-10-16/h4,6-12,15,21H,1,5,13H2,2-3H3,(H,27,30)(H,28,29). The predicted molar refractivity (Wildman–Crippen MR) is 113 cm³/mol. The number of carbonyl (C=O) groups excluding carboxylic acids is 2. The Kier molecular flexibility index (Phi) is 6.02. The van der Waals surface area contributed by atoms with Crippen molar-refractivity contribution >= 4 is 17.9 Å². The van der Waals surface area contributed by atoms with Gasteiger partial charge in [0.05, 0.1) is 11.6 Å². The summed E-state index contributed by atoms with van der Waals surface area (Å²) in [7, 11) is 0. The number of nitrogens with one attached hydrogen (secondary N) is 2. The van der Waals surface area contributed by atoms with E-state index in [2.05, 4.69) is 23.3 Å². The van der Waals surface area contributed by atoms with Crippen molar-refractivity contribution in [2.75, 3.05) is 0 Å². The zero-order chi connectivity index (χ0) is 21.9. The van der Waals surface area contributed by atoms with Crippen molar-refractivity contribution in [3.63, 3.8) is 0 Å². The molecule has 3 rings (SSSR count). The molecule has 3 unspecified atom stereocenters. The Morgan fingerprint density at radius 2 is 1.97 bits per heavy atom. The third-order valence-corrected chi connectivity index (χ3v) is 5.82. The molecule has 1 aliphatic rings. The first-order valence-electron chi connectivity index (χ1n) is 9.88. The molecule has 0 aromatic heterocycles. The monoisotopic (exact) mass is 405 g/mol. The maximum absolute atomic E-state index is 13.2. The van der Waals surface area contributed by atoms with Crippen LogP contribution in [0.1, 0.15) is 48.4 Å². The number of nitriles is 1. The van der Waals surface area contributed by atoms with E-state index in [1.54, 1.807) is 30.3 Å². The Morgan fingerprint density at radius 1 is 1.27 bits per heavy atom. The maximum Gasteiger partial charge on any atom is 0.246 e. The first kappa shape index (κ1) is 21.3. The molecule has 5 nitrogen and oxygen atoms in total. The van der Waals surface area contributed by atoms with E-state index in [0.717, 1.165) is 11.1 Å². The second-order valence-corrected chi connectivity index (χ2v) is 7.59. The van der Waals surface area contributed by atoms with Gasteiger partial charge in [-0.3, -0.25) is 9.59 Å². The number of piperazine rings is 1. The zero-order valence-corrected chi connectivity index (χ0v) is 17.0. The summed E-state index contributed by atoms with van der Waals surface area (Å²) < 4.78 is 13.2. The fourth-order valence-corrected chi connectivity index (χ4v) is 4.05. The van der Waals surface area contributed by atoms with Crippen molar-refractivity contribution in [1.29, 1.82) is 5.26 Å². The van der Waals surface area contributed by atoms with E-state index in [4.69, 9.17) is 0 Å². The second-order valence-electron chi connectivity index (χ2n) is 7.59. The van der Waals surface area contributed by atoms with Crippen LogP contribution < -0.4 is 10.6 Å². The van der Waals surface area contributed by atoms with E-state index in [0.29, 0.717) is 17.5 Å². The summed E-state index contributed by atoms with van der Waals surface area (Å²) in [5.74, 6) is -1.39. The molecule has 0 spiro atoms. The average Bonchev–Trinajstić information content (AvgIpc) is 2.76. The van der Waals surface area contributed by atoms with Gasteiger partial charge in [-0.15, -0.1) is 0 Å². The summed E-state index contributed by atoms with van der Waals surface area (Å²) in [6.07, 6.45) is 2.28. The van der Waals surface area contributed by atoms with Gasteiger partial charge in [-0.05, 0) is 41.3 Å². The third-order valence-electron chi connectivity index (χ3n) is 5.82. The van der Waals surface area contributed by atoms with Crippen LogP contribution in [0.25, 0.3) is 6.08 Å². The minimum absolute atomic E-state index is 0.259. The number of hydrogen-bond donors (Lipinski definition) is 2. The van der Waals surface area contributed by atoms with Crippen molar-refractivity contribution in [1.82, 2.24) is 10.6 Å². The van der Waals surface area contributed by atoms with Crippen LogP contribution in [0, 0.1) is 17.1 Å². The lowest BCUT2D eigenvalue weighted by Crippen LogP contribution is -2.70. The number of halogens is 1. The van der Waals surface area contributed by atoms with E-state index in [1.165, 1.54) is 12.1 Å². The van der Waals surface area contributed by atoms with Crippen LogP contribution in [0.2, 0.25) is 0 Å². The number of amides is 2. The molecule has 1 aliphatic heterocycles. The minimum Gasteiger partial charge on any atom is -0.342 e. The van der Waals surface area contributed by atoms with Crippen LogP contribution >= 0.6 is 0 Å². The van der Waals surface area contributed by atoms with Crippen molar-refractivity contribution in [3.05, 3.63) is 77.1 Å². The van der Waals surface area contributed by atoms with Crippen LogP contribution in [0.4, 0.5) is 4.39 Å². The van der Waals surface area contributed by atoms with Crippen LogP contribution in [0.15, 0.2) is 49.0 Å². The average molecular weight is 405 g/mol. The quantitative estimate of drug-likeness (QED) is 0.772. The zero-order valence-electron chi connectivity index (χ0n) is 17.0. The summed E-state index contributed by atoms with van der Waals surface area (Å²) in [6, 6.07) is 12.5. The Hall–Kier alpha value is -3.46. The Bertz CT molecular complexity index is 1030. The molecule has 30 heavy (non-hydrogen) atoms. The van der Waals surface area contributed by atoms with Gasteiger partial charge in [-0.2, -0.15) is 5.26 Å². The van der Waals surface area contributed by atoms with Crippen molar-refractivity contribution in [2.24, 2.45) is 0 Å². The van der Waals surface area contributed by atoms with Gasteiger partial charge in [0.2, 0.25) is 11.8 Å². The molecule has 3 atom stereocenters. The molecule has 2 aromatic rings. The molecule has 154 valence electrons. The maximum atomic E-state index is 13.2. The largest absolute Gasteiger partial charge is 0.342 e. The third kappa shape index (κ3) is 3.84. The van der Waals surface area contributed by atoms with E-state index in [-0.39, 0.29) is 24.1 Å². The summed E-state index contributed by atoms with van der Waals surface area (Å²) in [6.45, 7) is 7.43. The highest BCUT2D eigenvalue weighted by Crippen LogP contribution is 2.31. The van der Waals surface area contributed by atoms with Gasteiger partial charge in [0.1, 0.15) is 17.4 Å². The molecule has 0 bridgehead atoms. The molecule has 1 saturated heterocycles. The normalized spacial score (nSPS) is 21.9. The number of carbonyl (C=O) groups is 2. The molecule has 0 aliphatic carbocycles. The Labute approximate surface area is 175 Å². The molecule has 2 N–H and O–H groups in total. The molecule has 2 amide bonds. The lowest BCUT2D eigenvalue weighted by Gasteiger charge is -2.41. The first-order valence-corrected chi connectivity index (χ1v) is 9.88. The summed E-state index contributed by atoms with van der Waals surface area (Å²) in [5, 5.41) is 15.3. The van der Waals surface area contributed by atoms with Crippen molar-refractivity contribution < 1.29 is 14.0 Å². The van der Waals surface area contributed by atoms with E-state index in [9.17, 15) is 19.2 Å². The van der Waals surface area contributed by atoms with Gasteiger partial charge in [0.15, 0.2) is 0 Å². The van der Waals surface area contributed by atoms with Crippen LogP contribution in [0.5, 0.6) is 0 Å². The topological polar surface area (TPSA) is 82.0 Å². The molecule has 0 saturated carbocycles. The van der Waals surface area contributed by atoms with E-state index >= 15 is 0 Å². The molecular weight excluding hydrogens is 381 g/mol. The van der Waals surface area contributed by atoms with Crippen LogP contribution in [-0.4, -0.2) is 23.4 Å². The smallest absolute Gasteiger partial charge is 0.246 e. The highest BCUT2D eigenvalue weighted by molar-refractivity contribution is 6.00. The van der Waals surface area contributed by atoms with Gasteiger partial charge in [-0.25, -0.2) is 4.39 Å². The predicted octanol–water partition coefficient (Wildman–Crippen LogP) is 3.45. The fourth-order valence-electron chi connectivity index (χ4n) is 4.05. The van der Waals surface area contributed by atoms with E-state index in [1.807, 2.05) is 19.9 Å². The van der Waals surface area contributed by atoms with Gasteiger partial charge in [-0.1, -0.05) is 50.8 Å². The first-order chi connectivity index (χ1) is 14.3. The molecule has 2 aromatic carbocycles. The lowest BCUT2D eigenvalue weighted by atomic mass is 9.80. The Balaban J connectivity index is 1.90. The van der Waals surface area contributed by atoms with E-state index < -0.39 is 17.5 Å². The lowest BCUT2D eigenvalue weighted by molar-refractivity contribution is -0.142. The van der Waals surface area contributed by atoms with Gasteiger partial charge in [0, 0.05) is 12.3 Å². The number of rotatable bonds is 6. The molecule has 6 heteroatoms.